The molecule has 0 atom stereocenters. The van der Waals surface area contributed by atoms with Crippen LogP contribution in [0.2, 0.25) is 0 Å². The molecule has 0 spiro atoms. The van der Waals surface area contributed by atoms with E-state index in [1.165, 1.54) is 28.7 Å². The van der Waals surface area contributed by atoms with Crippen LogP contribution in [0, 0.1) is 6.92 Å². The van der Waals surface area contributed by atoms with Crippen molar-refractivity contribution in [3.05, 3.63) is 70.9 Å². The molecule has 1 N–H and O–H groups in total. The van der Waals surface area contributed by atoms with Crippen molar-refractivity contribution in [2.75, 3.05) is 11.9 Å². The molecule has 5 rings (SSSR count). The molecule has 2 aromatic heterocycles. The Labute approximate surface area is 195 Å². The minimum atomic E-state index is -0.195. The molecule has 0 aliphatic heterocycles. The Balaban J connectivity index is 1.34. The zero-order chi connectivity index (χ0) is 21.9. The third kappa shape index (κ3) is 4.49. The molecule has 0 saturated carbocycles. The number of benzene rings is 2. The lowest BCUT2D eigenvalue weighted by molar-refractivity contribution is -0.118. The fourth-order valence-corrected chi connectivity index (χ4v) is 6.17. The lowest BCUT2D eigenvalue weighted by Gasteiger charge is -2.13. The molecular weight excluding hydrogens is 438 g/mol. The molecular formula is C25H23N3O2S2. The number of aromatic nitrogens is 2. The van der Waals surface area contributed by atoms with Crippen molar-refractivity contribution in [2.45, 2.75) is 42.5 Å². The molecule has 2 heterocycles. The van der Waals surface area contributed by atoms with E-state index in [-0.39, 0.29) is 12.5 Å². The summed E-state index contributed by atoms with van der Waals surface area (Å²) in [5.41, 5.74) is 3.32. The SMILES string of the molecule is Cc1ccc(OCC(=O)Nc2ccccc2Sc2ncnc3sc4c(c23)CCCC4)cc1. The van der Waals surface area contributed by atoms with E-state index >= 15 is 0 Å². The second kappa shape index (κ2) is 9.30. The van der Waals surface area contributed by atoms with Crippen molar-refractivity contribution in [2.24, 2.45) is 0 Å². The van der Waals surface area contributed by atoms with Crippen molar-refractivity contribution in [3.63, 3.8) is 0 Å². The highest BCUT2D eigenvalue weighted by molar-refractivity contribution is 7.99. The number of carbonyl (C=O) groups is 1. The molecule has 32 heavy (non-hydrogen) atoms. The number of hydrogen-bond donors (Lipinski definition) is 1. The number of thiophene rings is 1. The average molecular weight is 462 g/mol. The van der Waals surface area contributed by atoms with E-state index in [2.05, 4.69) is 15.3 Å². The highest BCUT2D eigenvalue weighted by Crippen LogP contribution is 2.42. The number of fused-ring (bicyclic) bond motifs is 3. The minimum Gasteiger partial charge on any atom is -0.484 e. The van der Waals surface area contributed by atoms with Crippen molar-refractivity contribution >= 4 is 44.9 Å². The minimum absolute atomic E-state index is 0.0438. The van der Waals surface area contributed by atoms with Gasteiger partial charge in [0.1, 0.15) is 21.9 Å². The molecule has 2 aromatic carbocycles. The highest BCUT2D eigenvalue weighted by Gasteiger charge is 2.21. The second-order valence-electron chi connectivity index (χ2n) is 7.82. The van der Waals surface area contributed by atoms with Gasteiger partial charge < -0.3 is 10.1 Å². The summed E-state index contributed by atoms with van der Waals surface area (Å²) < 4.78 is 5.62. The molecule has 162 valence electrons. The van der Waals surface area contributed by atoms with Gasteiger partial charge >= 0.3 is 0 Å². The molecule has 0 fully saturated rings. The summed E-state index contributed by atoms with van der Waals surface area (Å²) in [6, 6.07) is 15.5. The van der Waals surface area contributed by atoms with Gasteiger partial charge in [-0.25, -0.2) is 9.97 Å². The first-order chi connectivity index (χ1) is 15.7. The molecule has 0 radical (unpaired) electrons. The van der Waals surface area contributed by atoms with Crippen molar-refractivity contribution in [1.29, 1.82) is 0 Å². The lowest BCUT2D eigenvalue weighted by atomic mass is 9.97. The van der Waals surface area contributed by atoms with Crippen molar-refractivity contribution in [3.8, 4) is 5.75 Å². The zero-order valence-electron chi connectivity index (χ0n) is 17.8. The number of amides is 1. The number of carbonyl (C=O) groups excluding carboxylic acids is 1. The number of rotatable bonds is 6. The van der Waals surface area contributed by atoms with Gasteiger partial charge in [0.05, 0.1) is 5.69 Å². The number of anilines is 1. The molecule has 0 saturated heterocycles. The number of nitrogens with zero attached hydrogens (tertiary/aromatic N) is 2. The van der Waals surface area contributed by atoms with Crippen LogP contribution in [-0.4, -0.2) is 22.5 Å². The molecule has 4 aromatic rings. The van der Waals surface area contributed by atoms with Gasteiger partial charge in [0.2, 0.25) is 0 Å². The number of ether oxygens (including phenoxy) is 1. The van der Waals surface area contributed by atoms with Crippen LogP contribution in [0.3, 0.4) is 0 Å². The van der Waals surface area contributed by atoms with Gasteiger partial charge in [-0.15, -0.1) is 11.3 Å². The standard InChI is InChI=1S/C25H23N3O2S2/c1-16-10-12-17(13-11-16)30-14-22(29)28-19-7-3-5-9-21(19)32-25-23-18-6-2-4-8-20(18)31-24(23)26-15-27-25/h3,5,7,9-13,15H,2,4,6,8,14H2,1H3,(H,28,29). The fraction of sp³-hybridized carbons (Fsp3) is 0.240. The van der Waals surface area contributed by atoms with Gasteiger partial charge in [-0.2, -0.15) is 0 Å². The number of aryl methyl sites for hydroxylation is 3. The van der Waals surface area contributed by atoms with Crippen molar-refractivity contribution in [1.82, 2.24) is 9.97 Å². The van der Waals surface area contributed by atoms with Gasteiger partial charge in [0, 0.05) is 15.2 Å². The van der Waals surface area contributed by atoms with Gasteiger partial charge in [-0.3, -0.25) is 4.79 Å². The van der Waals surface area contributed by atoms with Crippen LogP contribution in [0.25, 0.3) is 10.2 Å². The molecule has 1 aliphatic carbocycles. The summed E-state index contributed by atoms with van der Waals surface area (Å²) in [5, 5.41) is 5.12. The Morgan fingerprint density at radius 1 is 1.09 bits per heavy atom. The Morgan fingerprint density at radius 2 is 1.91 bits per heavy atom. The molecule has 5 nitrogen and oxygen atoms in total. The van der Waals surface area contributed by atoms with Crippen LogP contribution in [0.5, 0.6) is 5.75 Å². The van der Waals surface area contributed by atoms with E-state index in [0.717, 1.165) is 38.8 Å². The maximum Gasteiger partial charge on any atom is 0.262 e. The lowest BCUT2D eigenvalue weighted by Crippen LogP contribution is -2.20. The van der Waals surface area contributed by atoms with E-state index in [9.17, 15) is 4.79 Å². The van der Waals surface area contributed by atoms with Gasteiger partial charge in [0.25, 0.3) is 5.91 Å². The summed E-state index contributed by atoms with van der Waals surface area (Å²) in [6.45, 7) is 1.97. The predicted octanol–water partition coefficient (Wildman–Crippen LogP) is 6.05. The predicted molar refractivity (Wildman–Crippen MR) is 130 cm³/mol. The topological polar surface area (TPSA) is 64.1 Å². The van der Waals surface area contributed by atoms with Crippen LogP contribution in [0.15, 0.2) is 64.8 Å². The van der Waals surface area contributed by atoms with Crippen molar-refractivity contribution < 1.29 is 9.53 Å². The fourth-order valence-electron chi connectivity index (χ4n) is 3.87. The first kappa shape index (κ1) is 21.0. The quantitative estimate of drug-likeness (QED) is 0.354. The summed E-state index contributed by atoms with van der Waals surface area (Å²) in [5.74, 6) is 0.485. The van der Waals surface area contributed by atoms with Crippen LogP contribution in [0.1, 0.15) is 28.8 Å². The zero-order valence-corrected chi connectivity index (χ0v) is 19.4. The van der Waals surface area contributed by atoms with E-state index < -0.39 is 0 Å². The Kier molecular flexibility index (Phi) is 6.10. The Morgan fingerprint density at radius 3 is 2.78 bits per heavy atom. The average Bonchev–Trinajstić information content (AvgIpc) is 3.20. The molecule has 7 heteroatoms. The van der Waals surface area contributed by atoms with Gasteiger partial charge in [-0.05, 0) is 62.4 Å². The maximum atomic E-state index is 12.6. The van der Waals surface area contributed by atoms with E-state index in [4.69, 9.17) is 4.74 Å². The highest BCUT2D eigenvalue weighted by atomic mass is 32.2. The molecule has 0 unspecified atom stereocenters. The monoisotopic (exact) mass is 461 g/mol. The number of nitrogens with one attached hydrogen (secondary N) is 1. The summed E-state index contributed by atoms with van der Waals surface area (Å²) >= 11 is 3.37. The third-order valence-corrected chi connectivity index (χ3v) is 7.75. The van der Waals surface area contributed by atoms with Crippen LogP contribution >= 0.6 is 23.1 Å². The molecule has 1 amide bonds. The first-order valence-corrected chi connectivity index (χ1v) is 12.3. The smallest absolute Gasteiger partial charge is 0.262 e. The Bertz CT molecular complexity index is 1270. The maximum absolute atomic E-state index is 12.6. The molecule has 1 aliphatic rings. The number of hydrogen-bond acceptors (Lipinski definition) is 6. The first-order valence-electron chi connectivity index (χ1n) is 10.7. The summed E-state index contributed by atoms with van der Waals surface area (Å²) in [4.78, 5) is 25.1. The van der Waals surface area contributed by atoms with E-state index in [1.807, 2.05) is 55.5 Å². The number of para-hydroxylation sites is 1. The third-order valence-electron chi connectivity index (χ3n) is 5.48. The second-order valence-corrected chi connectivity index (χ2v) is 9.93. The van der Waals surface area contributed by atoms with Crippen LogP contribution < -0.4 is 10.1 Å². The Hall–Kier alpha value is -2.90. The normalized spacial score (nSPS) is 13.0. The van der Waals surface area contributed by atoms with Crippen LogP contribution in [0.4, 0.5) is 5.69 Å². The van der Waals surface area contributed by atoms with E-state index in [1.54, 1.807) is 29.4 Å². The van der Waals surface area contributed by atoms with Gasteiger partial charge in [0.15, 0.2) is 6.61 Å². The van der Waals surface area contributed by atoms with Crippen LogP contribution in [-0.2, 0) is 17.6 Å². The van der Waals surface area contributed by atoms with E-state index in [0.29, 0.717) is 5.75 Å². The largest absolute Gasteiger partial charge is 0.484 e. The summed E-state index contributed by atoms with van der Waals surface area (Å²) in [6.07, 6.45) is 6.32. The van der Waals surface area contributed by atoms with Gasteiger partial charge in [-0.1, -0.05) is 41.6 Å². The summed E-state index contributed by atoms with van der Waals surface area (Å²) in [7, 11) is 0. The molecule has 0 bridgehead atoms.